The van der Waals surface area contributed by atoms with Crippen LogP contribution in [0.3, 0.4) is 0 Å². The lowest BCUT2D eigenvalue weighted by Crippen LogP contribution is -2.53. The number of carbonyl (C=O) groups excluding carboxylic acids is 2. The maximum Gasteiger partial charge on any atom is 0.236 e. The molecule has 1 fully saturated rings. The Kier molecular flexibility index (Phi) is 8.60. The number of nitrogens with zero attached hydrogens (tertiary/aromatic N) is 3. The van der Waals surface area contributed by atoms with Gasteiger partial charge in [0.25, 0.3) is 0 Å². The van der Waals surface area contributed by atoms with Crippen LogP contribution in [0.5, 0.6) is 0 Å². The molecule has 0 aromatic heterocycles. The van der Waals surface area contributed by atoms with Gasteiger partial charge in [-0.25, -0.2) is 0 Å². The molecule has 0 aliphatic carbocycles. The molecule has 2 amide bonds. The van der Waals surface area contributed by atoms with Gasteiger partial charge in [-0.1, -0.05) is 12.1 Å². The Morgan fingerprint density at radius 1 is 1.15 bits per heavy atom. The van der Waals surface area contributed by atoms with Gasteiger partial charge in [0.15, 0.2) is 0 Å². The summed E-state index contributed by atoms with van der Waals surface area (Å²) >= 11 is 1.73. The molecule has 27 heavy (non-hydrogen) atoms. The topological polar surface area (TPSA) is 55.9 Å². The number of nitrogens with one attached hydrogen (secondary N) is 1. The van der Waals surface area contributed by atoms with Crippen molar-refractivity contribution in [3.05, 3.63) is 29.8 Å². The quantitative estimate of drug-likeness (QED) is 0.680. The molecule has 0 bridgehead atoms. The van der Waals surface area contributed by atoms with Crippen molar-refractivity contribution in [3.8, 4) is 0 Å². The zero-order chi connectivity index (χ0) is 19.8. The first-order chi connectivity index (χ1) is 12.9. The SMILES string of the molecule is CSc1ccc(CN(C)CC(=O)N2CCN(CC(=O)NC(C)C)CC2)cc1. The summed E-state index contributed by atoms with van der Waals surface area (Å²) in [6.07, 6.45) is 2.07. The van der Waals surface area contributed by atoms with Gasteiger partial charge in [-0.2, -0.15) is 0 Å². The van der Waals surface area contributed by atoms with E-state index in [1.807, 2.05) is 25.8 Å². The number of carbonyl (C=O) groups is 2. The number of thioether (sulfide) groups is 1. The Morgan fingerprint density at radius 2 is 1.78 bits per heavy atom. The van der Waals surface area contributed by atoms with E-state index in [0.29, 0.717) is 26.2 Å². The van der Waals surface area contributed by atoms with E-state index < -0.39 is 0 Å². The Morgan fingerprint density at radius 3 is 2.33 bits per heavy atom. The molecule has 1 aliphatic heterocycles. The first-order valence-electron chi connectivity index (χ1n) is 9.48. The summed E-state index contributed by atoms with van der Waals surface area (Å²) in [5, 5.41) is 2.91. The largest absolute Gasteiger partial charge is 0.353 e. The molecule has 0 atom stereocenters. The van der Waals surface area contributed by atoms with Crippen LogP contribution in [-0.4, -0.2) is 85.1 Å². The minimum Gasteiger partial charge on any atom is -0.353 e. The Hall–Kier alpha value is -1.57. The molecule has 1 saturated heterocycles. The van der Waals surface area contributed by atoms with Crippen molar-refractivity contribution in [2.75, 3.05) is 52.6 Å². The molecule has 1 aromatic rings. The average Bonchev–Trinajstić information content (AvgIpc) is 2.62. The van der Waals surface area contributed by atoms with Crippen molar-refractivity contribution in [3.63, 3.8) is 0 Å². The molecule has 7 heteroatoms. The van der Waals surface area contributed by atoms with Crippen LogP contribution in [0.25, 0.3) is 0 Å². The molecule has 0 unspecified atom stereocenters. The van der Waals surface area contributed by atoms with Crippen molar-refractivity contribution in [1.82, 2.24) is 20.0 Å². The van der Waals surface area contributed by atoms with Gasteiger partial charge in [0.2, 0.25) is 11.8 Å². The first kappa shape index (κ1) is 21.7. The second-order valence-corrected chi connectivity index (χ2v) is 8.28. The van der Waals surface area contributed by atoms with Gasteiger partial charge >= 0.3 is 0 Å². The fourth-order valence-corrected chi connectivity index (χ4v) is 3.56. The van der Waals surface area contributed by atoms with Crippen molar-refractivity contribution in [1.29, 1.82) is 0 Å². The monoisotopic (exact) mass is 392 g/mol. The van der Waals surface area contributed by atoms with Gasteiger partial charge < -0.3 is 10.2 Å². The number of benzene rings is 1. The predicted octanol–water partition coefficient (Wildman–Crippen LogP) is 1.51. The highest BCUT2D eigenvalue weighted by Crippen LogP contribution is 2.15. The van der Waals surface area contributed by atoms with Gasteiger partial charge in [0, 0.05) is 43.7 Å². The Bertz CT molecular complexity index is 613. The highest BCUT2D eigenvalue weighted by molar-refractivity contribution is 7.98. The van der Waals surface area contributed by atoms with E-state index in [2.05, 4.69) is 45.6 Å². The van der Waals surface area contributed by atoms with Crippen molar-refractivity contribution >= 4 is 23.6 Å². The predicted molar refractivity (Wildman–Crippen MR) is 111 cm³/mol. The fraction of sp³-hybridized carbons (Fsp3) is 0.600. The Balaban J connectivity index is 1.72. The Labute approximate surface area is 167 Å². The number of hydrogen-bond donors (Lipinski definition) is 1. The molecule has 1 N–H and O–H groups in total. The molecule has 1 aromatic carbocycles. The lowest BCUT2D eigenvalue weighted by molar-refractivity contribution is -0.134. The molecule has 0 radical (unpaired) electrons. The standard InChI is InChI=1S/C20H32N4O2S/c1-16(2)21-19(25)14-23-9-11-24(12-10-23)20(26)15-22(3)13-17-5-7-18(27-4)8-6-17/h5-8,16H,9-15H2,1-4H3,(H,21,25). The lowest BCUT2D eigenvalue weighted by atomic mass is 10.2. The summed E-state index contributed by atoms with van der Waals surface area (Å²) in [4.78, 5) is 31.7. The number of amides is 2. The van der Waals surface area contributed by atoms with Gasteiger partial charge in [0.1, 0.15) is 0 Å². The number of piperazine rings is 1. The van der Waals surface area contributed by atoms with Crippen LogP contribution in [0.2, 0.25) is 0 Å². The van der Waals surface area contributed by atoms with Crippen molar-refractivity contribution in [2.24, 2.45) is 0 Å². The normalized spacial score (nSPS) is 15.4. The zero-order valence-corrected chi connectivity index (χ0v) is 17.7. The van der Waals surface area contributed by atoms with E-state index in [1.54, 1.807) is 11.8 Å². The third-order valence-electron chi connectivity index (χ3n) is 4.56. The maximum atomic E-state index is 12.6. The summed E-state index contributed by atoms with van der Waals surface area (Å²) in [5.74, 6) is 0.210. The number of likely N-dealkylation sites (N-methyl/N-ethyl adjacent to an activating group) is 1. The number of hydrogen-bond acceptors (Lipinski definition) is 5. The number of rotatable bonds is 8. The van der Waals surface area contributed by atoms with E-state index in [1.165, 1.54) is 10.5 Å². The van der Waals surface area contributed by atoms with E-state index in [9.17, 15) is 9.59 Å². The highest BCUT2D eigenvalue weighted by atomic mass is 32.2. The second kappa shape index (κ2) is 10.7. The molecule has 0 saturated carbocycles. The van der Waals surface area contributed by atoms with Gasteiger partial charge in [-0.05, 0) is 44.8 Å². The van der Waals surface area contributed by atoms with E-state index in [0.717, 1.165) is 19.6 Å². The lowest BCUT2D eigenvalue weighted by Gasteiger charge is -2.35. The van der Waals surface area contributed by atoms with Crippen LogP contribution in [0.15, 0.2) is 29.2 Å². The molecule has 6 nitrogen and oxygen atoms in total. The van der Waals surface area contributed by atoms with Gasteiger partial charge in [0.05, 0.1) is 13.1 Å². The first-order valence-corrected chi connectivity index (χ1v) is 10.7. The van der Waals surface area contributed by atoms with Crippen LogP contribution in [0.1, 0.15) is 19.4 Å². The third-order valence-corrected chi connectivity index (χ3v) is 5.30. The van der Waals surface area contributed by atoms with E-state index in [-0.39, 0.29) is 17.9 Å². The zero-order valence-electron chi connectivity index (χ0n) is 16.9. The van der Waals surface area contributed by atoms with Crippen molar-refractivity contribution in [2.45, 2.75) is 31.3 Å². The van der Waals surface area contributed by atoms with Crippen LogP contribution < -0.4 is 5.32 Å². The molecule has 0 spiro atoms. The fourth-order valence-electron chi connectivity index (χ4n) is 3.16. The van der Waals surface area contributed by atoms with Crippen molar-refractivity contribution < 1.29 is 9.59 Å². The smallest absolute Gasteiger partial charge is 0.236 e. The molecular formula is C20H32N4O2S. The maximum absolute atomic E-state index is 12.6. The highest BCUT2D eigenvalue weighted by Gasteiger charge is 2.23. The molecule has 150 valence electrons. The molecule has 1 aliphatic rings. The molecular weight excluding hydrogens is 360 g/mol. The average molecular weight is 393 g/mol. The summed E-state index contributed by atoms with van der Waals surface area (Å²) in [7, 11) is 1.98. The summed E-state index contributed by atoms with van der Waals surface area (Å²) in [5.41, 5.74) is 1.21. The minimum atomic E-state index is 0.0528. The summed E-state index contributed by atoms with van der Waals surface area (Å²) in [6, 6.07) is 8.63. The van der Waals surface area contributed by atoms with Gasteiger partial charge in [-0.15, -0.1) is 11.8 Å². The summed E-state index contributed by atoms with van der Waals surface area (Å²) < 4.78 is 0. The van der Waals surface area contributed by atoms with Crippen LogP contribution >= 0.6 is 11.8 Å². The summed E-state index contributed by atoms with van der Waals surface area (Å²) in [6.45, 7) is 8.37. The van der Waals surface area contributed by atoms with E-state index >= 15 is 0 Å². The molecule has 2 rings (SSSR count). The van der Waals surface area contributed by atoms with Crippen LogP contribution in [0, 0.1) is 0 Å². The third kappa shape index (κ3) is 7.52. The second-order valence-electron chi connectivity index (χ2n) is 7.40. The van der Waals surface area contributed by atoms with Gasteiger partial charge in [-0.3, -0.25) is 19.4 Å². The minimum absolute atomic E-state index is 0.0528. The van der Waals surface area contributed by atoms with E-state index in [4.69, 9.17) is 0 Å². The van der Waals surface area contributed by atoms with Crippen LogP contribution in [-0.2, 0) is 16.1 Å². The molecule has 1 heterocycles. The van der Waals surface area contributed by atoms with Crippen LogP contribution in [0.4, 0.5) is 0 Å².